The average Bonchev–Trinajstić information content (AvgIpc) is 3.00. The van der Waals surface area contributed by atoms with Gasteiger partial charge in [0.05, 0.1) is 36.3 Å². The van der Waals surface area contributed by atoms with Crippen LogP contribution in [0.5, 0.6) is 23.0 Å². The first kappa shape index (κ1) is 30.1. The predicted octanol–water partition coefficient (Wildman–Crippen LogP) is 6.70. The molecule has 226 valence electrons. The second kappa shape index (κ2) is 12.1. The Morgan fingerprint density at radius 2 is 1.66 bits per heavy atom. The second-order valence-electron chi connectivity index (χ2n) is 10.9. The fourth-order valence-electron chi connectivity index (χ4n) is 5.18. The monoisotopic (exact) mass is 596 g/mol. The molecule has 10 nitrogen and oxygen atoms in total. The Hall–Kier alpha value is -5.38. The molecule has 0 bridgehead atoms. The van der Waals surface area contributed by atoms with Gasteiger partial charge in [-0.25, -0.2) is 4.79 Å². The number of nitrogens with zero attached hydrogens (tertiary/aromatic N) is 1. The van der Waals surface area contributed by atoms with E-state index in [1.807, 2.05) is 45.0 Å². The minimum atomic E-state index is -0.754. The van der Waals surface area contributed by atoms with Gasteiger partial charge in [0.25, 0.3) is 5.69 Å². The van der Waals surface area contributed by atoms with Gasteiger partial charge in [0.1, 0.15) is 18.1 Å². The lowest BCUT2D eigenvalue weighted by atomic mass is 9.83. The van der Waals surface area contributed by atoms with Crippen molar-refractivity contribution in [3.05, 3.63) is 105 Å². The number of fused-ring (bicyclic) bond motifs is 1. The van der Waals surface area contributed by atoms with Crippen LogP contribution in [0.25, 0.3) is 11.1 Å². The van der Waals surface area contributed by atoms with Gasteiger partial charge in [-0.3, -0.25) is 14.9 Å². The summed E-state index contributed by atoms with van der Waals surface area (Å²) in [5.74, 6) is 0.764. The molecule has 4 aromatic rings. The molecule has 0 amide bonds. The third-order valence-electron chi connectivity index (χ3n) is 7.68. The number of ether oxygens (including phenoxy) is 4. The van der Waals surface area contributed by atoms with Gasteiger partial charge < -0.3 is 24.3 Å². The predicted molar refractivity (Wildman–Crippen MR) is 165 cm³/mol. The zero-order valence-electron chi connectivity index (χ0n) is 25.1. The summed E-state index contributed by atoms with van der Waals surface area (Å²) >= 11 is 0. The number of carbonyl (C=O) groups is 2. The number of benzene rings is 4. The number of non-ortho nitro benzene ring substituents is 1. The highest BCUT2D eigenvalue weighted by molar-refractivity contribution is 5.97. The van der Waals surface area contributed by atoms with Crippen molar-refractivity contribution in [3.8, 4) is 34.1 Å². The van der Waals surface area contributed by atoms with Gasteiger partial charge in [-0.05, 0) is 67.8 Å². The summed E-state index contributed by atoms with van der Waals surface area (Å²) in [4.78, 5) is 36.9. The molecular weight excluding hydrogens is 564 g/mol. The minimum Gasteiger partial charge on any atom is -0.496 e. The molecule has 0 atom stereocenters. The minimum absolute atomic E-state index is 0.00163. The lowest BCUT2D eigenvalue weighted by Crippen LogP contribution is -2.45. The van der Waals surface area contributed by atoms with Crippen LogP contribution in [0.4, 0.5) is 11.4 Å². The van der Waals surface area contributed by atoms with E-state index in [2.05, 4.69) is 5.32 Å². The highest BCUT2D eigenvalue weighted by Gasteiger charge is 2.35. The van der Waals surface area contributed by atoms with Gasteiger partial charge in [0.15, 0.2) is 17.3 Å². The smallest absolute Gasteiger partial charge is 0.343 e. The molecule has 1 aliphatic rings. The van der Waals surface area contributed by atoms with Crippen molar-refractivity contribution in [3.63, 3.8) is 0 Å². The van der Waals surface area contributed by atoms with E-state index in [-0.39, 0.29) is 30.2 Å². The first-order chi connectivity index (χ1) is 21.0. The van der Waals surface area contributed by atoms with Crippen LogP contribution >= 0.6 is 0 Å². The quantitative estimate of drug-likeness (QED) is 0.0972. The number of hydrogen-bond acceptors (Lipinski definition) is 9. The number of anilines is 1. The van der Waals surface area contributed by atoms with E-state index in [0.717, 1.165) is 22.4 Å². The number of rotatable bonds is 9. The van der Waals surface area contributed by atoms with Crippen molar-refractivity contribution in [1.29, 1.82) is 0 Å². The van der Waals surface area contributed by atoms with Crippen molar-refractivity contribution in [1.82, 2.24) is 0 Å². The number of ketones is 1. The molecule has 0 aliphatic carbocycles. The molecule has 0 unspecified atom stereocenters. The number of nitrogens with one attached hydrogen (secondary N) is 1. The van der Waals surface area contributed by atoms with Gasteiger partial charge in [-0.15, -0.1) is 0 Å². The normalized spacial score (nSPS) is 13.3. The van der Waals surface area contributed by atoms with Crippen LogP contribution in [0, 0.1) is 17.0 Å². The number of nitro groups is 1. The summed E-state index contributed by atoms with van der Waals surface area (Å²) in [7, 11) is 2.97. The molecule has 1 N–H and O–H groups in total. The molecule has 0 spiro atoms. The molecule has 44 heavy (non-hydrogen) atoms. The molecule has 0 saturated carbocycles. The Labute approximate surface area is 254 Å². The standard InChI is InChI=1S/C34H32N2O8/c1-20-8-6-7-9-23(20)33(38)44-22-11-12-25(30(17-22)42-5)24-13-14-28-26(18-32(37)34(2,3)35-28)27(24)19-43-31-16-21(36(39)40)10-15-29(31)41-4/h6-17,35H,18-19H2,1-5H3. The lowest BCUT2D eigenvalue weighted by Gasteiger charge is -2.34. The Kier molecular flexibility index (Phi) is 8.26. The molecule has 0 saturated heterocycles. The molecular formula is C34H32N2O8. The number of carbonyl (C=O) groups excluding carboxylic acids is 2. The fraction of sp³-hybridized carbons (Fsp3) is 0.235. The van der Waals surface area contributed by atoms with Crippen LogP contribution < -0.4 is 24.3 Å². The number of hydrogen-bond donors (Lipinski definition) is 1. The Balaban J connectivity index is 1.56. The number of aryl methyl sites for hydroxylation is 1. The third kappa shape index (κ3) is 5.92. The summed E-state index contributed by atoms with van der Waals surface area (Å²) in [6.07, 6.45) is 0.155. The van der Waals surface area contributed by atoms with Crippen molar-refractivity contribution < 1.29 is 33.5 Å². The zero-order valence-corrected chi connectivity index (χ0v) is 25.1. The zero-order chi connectivity index (χ0) is 31.6. The molecule has 1 heterocycles. The Morgan fingerprint density at radius 3 is 2.36 bits per heavy atom. The maximum Gasteiger partial charge on any atom is 0.343 e. The SMILES string of the molecule is COc1ccc([N+](=O)[O-])cc1OCc1c(-c2ccc(OC(=O)c3ccccc3C)cc2OC)ccc2c1CC(=O)C(C)(C)N2. The number of nitro benzene ring substituents is 1. The van der Waals surface area contributed by atoms with Crippen molar-refractivity contribution in [2.45, 2.75) is 39.3 Å². The van der Waals surface area contributed by atoms with Gasteiger partial charge in [0, 0.05) is 35.4 Å². The molecule has 4 aromatic carbocycles. The van der Waals surface area contributed by atoms with Crippen LogP contribution in [0.15, 0.2) is 72.8 Å². The average molecular weight is 597 g/mol. The molecule has 0 aromatic heterocycles. The third-order valence-corrected chi connectivity index (χ3v) is 7.68. The van der Waals surface area contributed by atoms with Gasteiger partial charge >= 0.3 is 5.97 Å². The summed E-state index contributed by atoms with van der Waals surface area (Å²) in [5, 5.41) is 14.8. The van der Waals surface area contributed by atoms with E-state index in [4.69, 9.17) is 18.9 Å². The highest BCUT2D eigenvalue weighted by atomic mass is 16.6. The number of esters is 1. The first-order valence-corrected chi connectivity index (χ1v) is 13.9. The van der Waals surface area contributed by atoms with Crippen molar-refractivity contribution in [2.24, 2.45) is 0 Å². The van der Waals surface area contributed by atoms with E-state index >= 15 is 0 Å². The van der Waals surface area contributed by atoms with E-state index in [1.165, 1.54) is 32.4 Å². The highest BCUT2D eigenvalue weighted by Crippen LogP contribution is 2.42. The van der Waals surface area contributed by atoms with Crippen LogP contribution in [0.2, 0.25) is 0 Å². The van der Waals surface area contributed by atoms with Crippen molar-refractivity contribution >= 4 is 23.1 Å². The Bertz CT molecular complexity index is 1780. The summed E-state index contributed by atoms with van der Waals surface area (Å²) < 4.78 is 22.9. The first-order valence-electron chi connectivity index (χ1n) is 13.9. The molecule has 0 fully saturated rings. The topological polar surface area (TPSA) is 126 Å². The summed E-state index contributed by atoms with van der Waals surface area (Å²) in [6, 6.07) is 20.2. The number of Topliss-reactive ketones (excluding diaryl/α,β-unsaturated/α-hetero) is 1. The molecule has 1 aliphatic heterocycles. The van der Waals surface area contributed by atoms with Gasteiger partial charge in [-0.1, -0.05) is 24.3 Å². The lowest BCUT2D eigenvalue weighted by molar-refractivity contribution is -0.385. The maximum atomic E-state index is 13.1. The Morgan fingerprint density at radius 1 is 0.932 bits per heavy atom. The van der Waals surface area contributed by atoms with Crippen LogP contribution in [0.3, 0.4) is 0 Å². The van der Waals surface area contributed by atoms with E-state index in [9.17, 15) is 19.7 Å². The number of methoxy groups -OCH3 is 2. The van der Waals surface area contributed by atoms with Gasteiger partial charge in [-0.2, -0.15) is 0 Å². The summed E-state index contributed by atoms with van der Waals surface area (Å²) in [6.45, 7) is 5.47. The largest absolute Gasteiger partial charge is 0.496 e. The van der Waals surface area contributed by atoms with Crippen LogP contribution in [-0.4, -0.2) is 36.4 Å². The van der Waals surface area contributed by atoms with Crippen LogP contribution in [0.1, 0.15) is 40.9 Å². The van der Waals surface area contributed by atoms with Gasteiger partial charge in [0.2, 0.25) is 0 Å². The maximum absolute atomic E-state index is 13.1. The molecule has 5 rings (SSSR count). The van der Waals surface area contributed by atoms with E-state index in [1.54, 1.807) is 30.3 Å². The second-order valence-corrected chi connectivity index (χ2v) is 10.9. The van der Waals surface area contributed by atoms with E-state index < -0.39 is 16.4 Å². The molecule has 10 heteroatoms. The fourth-order valence-corrected chi connectivity index (χ4v) is 5.18. The van der Waals surface area contributed by atoms with E-state index in [0.29, 0.717) is 33.9 Å². The summed E-state index contributed by atoms with van der Waals surface area (Å²) in [5.41, 5.74) is 3.97. The molecule has 0 radical (unpaired) electrons. The van der Waals surface area contributed by atoms with Crippen LogP contribution in [-0.2, 0) is 17.8 Å². The van der Waals surface area contributed by atoms with Crippen molar-refractivity contribution in [2.75, 3.05) is 19.5 Å².